The van der Waals surface area contributed by atoms with Crippen LogP contribution in [0.5, 0.6) is 0 Å². The third-order valence-corrected chi connectivity index (χ3v) is 2.93. The van der Waals surface area contributed by atoms with Gasteiger partial charge in [0.25, 0.3) is 0 Å². The number of hydrogen-bond donors (Lipinski definition) is 0. The van der Waals surface area contributed by atoms with E-state index in [1.54, 1.807) is 0 Å². The average molecular weight is 420 g/mol. The lowest BCUT2D eigenvalue weighted by atomic mass is 9.88. The van der Waals surface area contributed by atoms with Gasteiger partial charge in [-0.2, -0.15) is 52.7 Å². The third-order valence-electron chi connectivity index (χ3n) is 2.93. The van der Waals surface area contributed by atoms with Gasteiger partial charge in [-0.05, 0) is 0 Å². The smallest absolute Gasteiger partial charge is 0.438 e. The van der Waals surface area contributed by atoms with Crippen LogP contribution in [-0.2, 0) is 9.53 Å². The van der Waals surface area contributed by atoms with Crippen molar-refractivity contribution in [1.29, 1.82) is 0 Å². The fraction of sp³-hybridized carbons (Fsp3) is 0.909. The summed E-state index contributed by atoms with van der Waals surface area (Å²) in [5.74, 6) is -25.0. The highest BCUT2D eigenvalue weighted by atomic mass is 19.4. The van der Waals surface area contributed by atoms with Gasteiger partial charge in [0.2, 0.25) is 0 Å². The first-order valence-corrected chi connectivity index (χ1v) is 6.20. The predicted octanol–water partition coefficient (Wildman–Crippen LogP) is 4.92. The second-order valence-corrected chi connectivity index (χ2v) is 5.27. The van der Waals surface area contributed by atoms with Gasteiger partial charge >= 0.3 is 41.8 Å². The van der Waals surface area contributed by atoms with E-state index >= 15 is 0 Å². The van der Waals surface area contributed by atoms with Crippen LogP contribution in [0.2, 0.25) is 0 Å². The van der Waals surface area contributed by atoms with Crippen LogP contribution in [0, 0.1) is 5.92 Å². The summed E-state index contributed by atoms with van der Waals surface area (Å²) in [6.07, 6.45) is -15.5. The molecule has 0 aromatic carbocycles. The van der Waals surface area contributed by atoms with Gasteiger partial charge in [-0.15, -0.1) is 0 Å². The molecular weight excluding hydrogens is 411 g/mol. The van der Waals surface area contributed by atoms with E-state index in [1.807, 2.05) is 0 Å². The zero-order valence-electron chi connectivity index (χ0n) is 12.5. The summed E-state index contributed by atoms with van der Waals surface area (Å²) in [4.78, 5) is 10.9. The van der Waals surface area contributed by atoms with Gasteiger partial charge in [0.1, 0.15) is 0 Å². The number of carbonyl (C=O) groups excluding carboxylic acids is 1. The molecule has 156 valence electrons. The maximum absolute atomic E-state index is 13.3. The molecule has 0 aliphatic rings. The molecule has 0 saturated heterocycles. The van der Waals surface area contributed by atoms with E-state index < -0.39 is 54.3 Å². The molecule has 0 saturated carbocycles. The van der Waals surface area contributed by atoms with Gasteiger partial charge < -0.3 is 4.74 Å². The average Bonchev–Trinajstić information content (AvgIpc) is 2.40. The number of ether oxygens (including phenoxy) is 1. The van der Waals surface area contributed by atoms with Crippen molar-refractivity contribution in [3.05, 3.63) is 0 Å². The molecule has 0 N–H and O–H groups in total. The number of halogens is 13. The lowest BCUT2D eigenvalue weighted by molar-refractivity contribution is -0.445. The Morgan fingerprint density at radius 2 is 1.08 bits per heavy atom. The summed E-state index contributed by atoms with van der Waals surface area (Å²) in [5.41, 5.74) is -8.01. The van der Waals surface area contributed by atoms with Crippen LogP contribution in [0.25, 0.3) is 0 Å². The normalized spacial score (nSPS) is 15.4. The fourth-order valence-corrected chi connectivity index (χ4v) is 1.38. The minimum absolute atomic E-state index is 0.952. The van der Waals surface area contributed by atoms with Crippen molar-refractivity contribution in [3.8, 4) is 0 Å². The molecule has 0 radical (unpaired) electrons. The van der Waals surface area contributed by atoms with Gasteiger partial charge in [0.15, 0.2) is 6.61 Å². The lowest BCUT2D eigenvalue weighted by Crippen LogP contribution is -2.73. The Labute approximate surface area is 136 Å². The van der Waals surface area contributed by atoms with Crippen LogP contribution >= 0.6 is 0 Å². The zero-order chi connectivity index (χ0) is 21.6. The topological polar surface area (TPSA) is 26.3 Å². The number of esters is 1. The largest absolute Gasteiger partial charge is 0.459 e. The molecule has 0 rings (SSSR count). The molecule has 26 heavy (non-hydrogen) atoms. The molecule has 0 atom stereocenters. The van der Waals surface area contributed by atoms with E-state index in [9.17, 15) is 61.9 Å². The molecule has 0 spiro atoms. The van der Waals surface area contributed by atoms with Crippen molar-refractivity contribution in [2.24, 2.45) is 5.92 Å². The van der Waals surface area contributed by atoms with E-state index in [0.717, 1.165) is 13.8 Å². The number of alkyl halides is 13. The second kappa shape index (κ2) is 6.62. The molecule has 0 unspecified atom stereocenters. The van der Waals surface area contributed by atoms with Crippen molar-refractivity contribution in [2.45, 2.75) is 49.6 Å². The van der Waals surface area contributed by atoms with Crippen molar-refractivity contribution >= 4 is 5.97 Å². The molecule has 0 aliphatic carbocycles. The van der Waals surface area contributed by atoms with Crippen LogP contribution in [-0.4, -0.2) is 48.4 Å². The van der Waals surface area contributed by atoms with Gasteiger partial charge in [-0.25, -0.2) is 4.39 Å². The molecule has 0 heterocycles. The maximum atomic E-state index is 13.3. The predicted molar refractivity (Wildman–Crippen MR) is 56.6 cm³/mol. The number of rotatable bonds is 6. The third kappa shape index (κ3) is 3.66. The fourth-order valence-electron chi connectivity index (χ4n) is 1.38. The molecular formula is C11H9F13O2. The zero-order valence-corrected chi connectivity index (χ0v) is 12.5. The van der Waals surface area contributed by atoms with Gasteiger partial charge in [-0.3, -0.25) is 4.79 Å². The highest BCUT2D eigenvalue weighted by molar-refractivity contribution is 5.71. The van der Waals surface area contributed by atoms with Crippen LogP contribution in [0.3, 0.4) is 0 Å². The Morgan fingerprint density at radius 3 is 1.35 bits per heavy atom. The summed E-state index contributed by atoms with van der Waals surface area (Å²) in [6.45, 7) is -1.11. The van der Waals surface area contributed by atoms with Crippen LogP contribution in [0.4, 0.5) is 57.1 Å². The Balaban J connectivity index is 6.17. The van der Waals surface area contributed by atoms with Crippen molar-refractivity contribution < 1.29 is 66.6 Å². The quantitative estimate of drug-likeness (QED) is 0.450. The van der Waals surface area contributed by atoms with Crippen molar-refractivity contribution in [2.75, 3.05) is 6.61 Å². The van der Waals surface area contributed by atoms with E-state index in [4.69, 9.17) is 0 Å². The SMILES string of the molecule is CC(C)C(=O)OCC(F)(F)C(F)(F)C(F)(F)C(F)(C(F)(F)F)C(F)(F)F. The summed E-state index contributed by atoms with van der Waals surface area (Å²) < 4.78 is 169. The molecule has 0 amide bonds. The standard InChI is InChI=1S/C11H9F13O2/c1-4(2)5(25)26-3-6(12,13)8(15,16)9(17,18)7(14,10(19,20)21)11(22,23)24/h4H,3H2,1-2H3. The number of carbonyl (C=O) groups is 1. The highest BCUT2D eigenvalue weighted by Gasteiger charge is 2.93. The van der Waals surface area contributed by atoms with Crippen LogP contribution < -0.4 is 0 Å². The number of hydrogen-bond acceptors (Lipinski definition) is 2. The van der Waals surface area contributed by atoms with Gasteiger partial charge in [-0.1, -0.05) is 13.8 Å². The molecule has 0 fully saturated rings. The van der Waals surface area contributed by atoms with E-state index in [-0.39, 0.29) is 0 Å². The second-order valence-electron chi connectivity index (χ2n) is 5.27. The first-order valence-electron chi connectivity index (χ1n) is 6.20. The first-order chi connectivity index (χ1) is 11.1. The Bertz CT molecular complexity index is 503. The van der Waals surface area contributed by atoms with Crippen LogP contribution in [0.15, 0.2) is 0 Å². The minimum atomic E-state index is -8.01. The maximum Gasteiger partial charge on any atom is 0.438 e. The van der Waals surface area contributed by atoms with E-state index in [1.165, 1.54) is 0 Å². The summed E-state index contributed by atoms with van der Waals surface area (Å²) >= 11 is 0. The summed E-state index contributed by atoms with van der Waals surface area (Å²) in [5, 5.41) is 0. The van der Waals surface area contributed by atoms with E-state index in [0.29, 0.717) is 0 Å². The van der Waals surface area contributed by atoms with Crippen molar-refractivity contribution in [3.63, 3.8) is 0 Å². The molecule has 2 nitrogen and oxygen atoms in total. The first kappa shape index (κ1) is 24.6. The van der Waals surface area contributed by atoms with E-state index in [2.05, 4.69) is 4.74 Å². The molecule has 0 aromatic rings. The van der Waals surface area contributed by atoms with Gasteiger partial charge in [0, 0.05) is 0 Å². The van der Waals surface area contributed by atoms with Gasteiger partial charge in [0.05, 0.1) is 5.92 Å². The summed E-state index contributed by atoms with van der Waals surface area (Å²) in [7, 11) is 0. The monoisotopic (exact) mass is 420 g/mol. The molecule has 0 aromatic heterocycles. The summed E-state index contributed by atoms with van der Waals surface area (Å²) in [6, 6.07) is 0. The highest BCUT2D eigenvalue weighted by Crippen LogP contribution is 2.61. The molecule has 15 heteroatoms. The molecule has 0 aliphatic heterocycles. The Hall–Kier alpha value is -1.44. The lowest BCUT2D eigenvalue weighted by Gasteiger charge is -2.41. The Morgan fingerprint density at radius 1 is 0.731 bits per heavy atom. The minimum Gasteiger partial charge on any atom is -0.459 e. The van der Waals surface area contributed by atoms with Crippen LogP contribution in [0.1, 0.15) is 13.8 Å². The Kier molecular flexibility index (Phi) is 6.25. The molecule has 0 bridgehead atoms. The van der Waals surface area contributed by atoms with Crippen molar-refractivity contribution in [1.82, 2.24) is 0 Å².